The molecule has 0 aliphatic heterocycles. The number of anilines is 3. The van der Waals surface area contributed by atoms with Gasteiger partial charge in [0.15, 0.2) is 0 Å². The molecule has 2 heterocycles. The Morgan fingerprint density at radius 2 is 1.00 bits per heavy atom. The van der Waals surface area contributed by atoms with Crippen LogP contribution in [0.15, 0.2) is 152 Å². The van der Waals surface area contributed by atoms with E-state index >= 15 is 0 Å². The van der Waals surface area contributed by atoms with Crippen molar-refractivity contribution in [1.82, 2.24) is 0 Å². The Labute approximate surface area is 257 Å². The second kappa shape index (κ2) is 9.81. The molecule has 0 saturated heterocycles. The number of fused-ring (bicyclic) bond motifs is 7. The minimum Gasteiger partial charge on any atom is -0.310 e. The molecule has 0 N–H and O–H groups in total. The summed E-state index contributed by atoms with van der Waals surface area (Å²) in [6, 6.07) is 55.4. The average molecular weight is 584 g/mol. The lowest BCUT2D eigenvalue weighted by Crippen LogP contribution is -2.10. The smallest absolute Gasteiger partial charge is 0.0540 e. The van der Waals surface area contributed by atoms with E-state index in [1.54, 1.807) is 0 Å². The first-order chi connectivity index (χ1) is 21.3. The Kier molecular flexibility index (Phi) is 5.62. The van der Waals surface area contributed by atoms with Crippen LogP contribution < -0.4 is 4.90 Å². The van der Waals surface area contributed by atoms with Gasteiger partial charge in [-0.25, -0.2) is 0 Å². The Balaban J connectivity index is 1.23. The molecular weight excluding hydrogens is 559 g/mol. The maximum absolute atomic E-state index is 2.41. The molecular formula is C40H25NS2. The number of hydrogen-bond donors (Lipinski definition) is 0. The lowest BCUT2D eigenvalue weighted by atomic mass is 10.0. The molecule has 9 rings (SSSR count). The molecule has 0 unspecified atom stereocenters. The van der Waals surface area contributed by atoms with Crippen LogP contribution in [0.1, 0.15) is 0 Å². The Bertz CT molecular complexity index is 2460. The third-order valence-corrected chi connectivity index (χ3v) is 10.8. The van der Waals surface area contributed by atoms with Crippen molar-refractivity contribution >= 4 is 90.9 Å². The van der Waals surface area contributed by atoms with Crippen LogP contribution in [0.3, 0.4) is 0 Å². The standard InChI is InChI=1S/C40H25NS2/c1-2-11-30-26(9-1)10-7-16-36(30)41(29-23-24-39-35(25-29)33-13-4-5-17-37(33)42-39)28-21-19-27(20-22-28)31-14-8-15-34-32-12-3-6-18-38(32)43-40(31)34/h1-25H. The number of thiophene rings is 2. The van der Waals surface area contributed by atoms with Crippen LogP contribution in [0, 0.1) is 0 Å². The summed E-state index contributed by atoms with van der Waals surface area (Å²) in [4.78, 5) is 2.41. The Hall–Kier alpha value is -4.96. The molecule has 0 saturated carbocycles. The van der Waals surface area contributed by atoms with E-state index in [-0.39, 0.29) is 0 Å². The van der Waals surface area contributed by atoms with E-state index in [4.69, 9.17) is 0 Å². The van der Waals surface area contributed by atoms with Crippen molar-refractivity contribution in [2.24, 2.45) is 0 Å². The largest absolute Gasteiger partial charge is 0.310 e. The predicted octanol–water partition coefficient (Wildman–Crippen LogP) is 12.7. The van der Waals surface area contributed by atoms with E-state index in [9.17, 15) is 0 Å². The highest BCUT2D eigenvalue weighted by molar-refractivity contribution is 7.26. The van der Waals surface area contributed by atoms with Crippen LogP contribution >= 0.6 is 22.7 Å². The summed E-state index contributed by atoms with van der Waals surface area (Å²) in [6.07, 6.45) is 0. The minimum absolute atomic E-state index is 1.14. The Morgan fingerprint density at radius 1 is 0.395 bits per heavy atom. The zero-order valence-electron chi connectivity index (χ0n) is 23.2. The average Bonchev–Trinajstić information content (AvgIpc) is 3.64. The number of rotatable bonds is 4. The van der Waals surface area contributed by atoms with Crippen molar-refractivity contribution in [2.75, 3.05) is 4.90 Å². The molecule has 0 aliphatic carbocycles. The van der Waals surface area contributed by atoms with Crippen LogP contribution in [-0.2, 0) is 0 Å². The van der Waals surface area contributed by atoms with Crippen LogP contribution in [0.2, 0.25) is 0 Å². The molecule has 43 heavy (non-hydrogen) atoms. The van der Waals surface area contributed by atoms with Crippen molar-refractivity contribution in [3.8, 4) is 11.1 Å². The highest BCUT2D eigenvalue weighted by Gasteiger charge is 2.18. The lowest BCUT2D eigenvalue weighted by molar-refractivity contribution is 1.30. The van der Waals surface area contributed by atoms with Crippen LogP contribution in [0.5, 0.6) is 0 Å². The minimum atomic E-state index is 1.14. The number of hydrogen-bond acceptors (Lipinski definition) is 3. The van der Waals surface area contributed by atoms with E-state index in [1.165, 1.54) is 67.9 Å². The van der Waals surface area contributed by atoms with E-state index in [0.717, 1.165) is 11.4 Å². The van der Waals surface area contributed by atoms with Crippen molar-refractivity contribution in [1.29, 1.82) is 0 Å². The second-order valence-corrected chi connectivity index (χ2v) is 13.1. The zero-order chi connectivity index (χ0) is 28.3. The first kappa shape index (κ1) is 24.6. The summed E-state index contributed by atoms with van der Waals surface area (Å²) in [5, 5.41) is 7.75. The summed E-state index contributed by atoms with van der Waals surface area (Å²) in [6.45, 7) is 0. The van der Waals surface area contributed by atoms with E-state index in [0.29, 0.717) is 0 Å². The topological polar surface area (TPSA) is 3.24 Å². The van der Waals surface area contributed by atoms with Gasteiger partial charge in [-0.2, -0.15) is 0 Å². The van der Waals surface area contributed by atoms with Gasteiger partial charge in [0.2, 0.25) is 0 Å². The second-order valence-electron chi connectivity index (χ2n) is 10.9. The normalized spacial score (nSPS) is 11.7. The molecule has 202 valence electrons. The van der Waals surface area contributed by atoms with Gasteiger partial charge in [0.25, 0.3) is 0 Å². The van der Waals surface area contributed by atoms with Gasteiger partial charge in [-0.1, -0.05) is 103 Å². The molecule has 0 aliphatic rings. The molecule has 0 radical (unpaired) electrons. The first-order valence-corrected chi connectivity index (χ1v) is 16.1. The van der Waals surface area contributed by atoms with Crippen molar-refractivity contribution in [3.63, 3.8) is 0 Å². The van der Waals surface area contributed by atoms with E-state index in [2.05, 4.69) is 157 Å². The predicted molar refractivity (Wildman–Crippen MR) is 190 cm³/mol. The molecule has 0 amide bonds. The van der Waals surface area contributed by atoms with Gasteiger partial charge >= 0.3 is 0 Å². The van der Waals surface area contributed by atoms with Gasteiger partial charge in [0, 0.05) is 57.1 Å². The van der Waals surface area contributed by atoms with Gasteiger partial charge in [-0.3, -0.25) is 0 Å². The summed E-state index contributed by atoms with van der Waals surface area (Å²) < 4.78 is 5.32. The fourth-order valence-corrected chi connectivity index (χ4v) is 8.77. The van der Waals surface area contributed by atoms with E-state index < -0.39 is 0 Å². The van der Waals surface area contributed by atoms with Crippen molar-refractivity contribution in [2.45, 2.75) is 0 Å². The molecule has 0 spiro atoms. The number of nitrogens with zero attached hydrogens (tertiary/aromatic N) is 1. The monoisotopic (exact) mass is 583 g/mol. The SMILES string of the molecule is c1ccc2c(N(c3ccc(-c4cccc5c4sc4ccccc45)cc3)c3ccc4sc5ccccc5c4c3)cccc2c1. The van der Waals surface area contributed by atoms with Crippen molar-refractivity contribution in [3.05, 3.63) is 152 Å². The summed E-state index contributed by atoms with van der Waals surface area (Å²) in [5.74, 6) is 0. The molecule has 1 nitrogen and oxygen atoms in total. The first-order valence-electron chi connectivity index (χ1n) is 14.5. The van der Waals surface area contributed by atoms with Gasteiger partial charge in [-0.15, -0.1) is 22.7 Å². The molecule has 3 heteroatoms. The fourth-order valence-electron chi connectivity index (χ4n) is 6.45. The highest BCUT2D eigenvalue weighted by atomic mass is 32.1. The van der Waals surface area contributed by atoms with Gasteiger partial charge < -0.3 is 4.90 Å². The highest BCUT2D eigenvalue weighted by Crippen LogP contribution is 2.44. The summed E-state index contributed by atoms with van der Waals surface area (Å²) in [7, 11) is 0. The van der Waals surface area contributed by atoms with Crippen LogP contribution in [0.25, 0.3) is 62.2 Å². The fraction of sp³-hybridized carbons (Fsp3) is 0. The molecule has 2 aromatic heterocycles. The summed E-state index contributed by atoms with van der Waals surface area (Å²) in [5.41, 5.74) is 6.00. The third-order valence-electron chi connectivity index (χ3n) is 8.47. The van der Waals surface area contributed by atoms with Gasteiger partial charge in [-0.05, 0) is 65.0 Å². The van der Waals surface area contributed by atoms with Crippen LogP contribution in [0.4, 0.5) is 17.1 Å². The third kappa shape index (κ3) is 3.97. The van der Waals surface area contributed by atoms with E-state index in [1.807, 2.05) is 22.7 Å². The maximum Gasteiger partial charge on any atom is 0.0540 e. The quantitative estimate of drug-likeness (QED) is 0.199. The molecule has 0 atom stereocenters. The van der Waals surface area contributed by atoms with Gasteiger partial charge in [0.05, 0.1) is 5.69 Å². The zero-order valence-corrected chi connectivity index (χ0v) is 24.8. The van der Waals surface area contributed by atoms with Crippen LogP contribution in [-0.4, -0.2) is 0 Å². The molecule has 7 aromatic carbocycles. The van der Waals surface area contributed by atoms with Crippen molar-refractivity contribution < 1.29 is 0 Å². The summed E-state index contributed by atoms with van der Waals surface area (Å²) >= 11 is 3.74. The number of benzene rings is 7. The maximum atomic E-state index is 2.41. The lowest BCUT2D eigenvalue weighted by Gasteiger charge is -2.27. The molecule has 0 fully saturated rings. The molecule has 9 aromatic rings. The van der Waals surface area contributed by atoms with Gasteiger partial charge in [0.1, 0.15) is 0 Å². The Morgan fingerprint density at radius 3 is 1.84 bits per heavy atom. The molecule has 0 bridgehead atoms.